The van der Waals surface area contributed by atoms with Crippen LogP contribution in [0.3, 0.4) is 0 Å². The summed E-state index contributed by atoms with van der Waals surface area (Å²) in [7, 11) is 0. The minimum Gasteiger partial charge on any atom is -0.341 e. The minimum atomic E-state index is -0.574. The van der Waals surface area contributed by atoms with Crippen LogP contribution in [0.15, 0.2) is 12.3 Å². The molecule has 108 valence electrons. The highest BCUT2D eigenvalue weighted by Gasteiger charge is 2.24. The lowest BCUT2D eigenvalue weighted by atomic mass is 10.2. The van der Waals surface area contributed by atoms with Gasteiger partial charge in [-0.15, -0.1) is 0 Å². The van der Waals surface area contributed by atoms with Crippen molar-refractivity contribution in [2.24, 2.45) is 0 Å². The van der Waals surface area contributed by atoms with Crippen molar-refractivity contribution >= 4 is 35.0 Å². The third-order valence-electron chi connectivity index (χ3n) is 3.19. The van der Waals surface area contributed by atoms with E-state index in [2.05, 4.69) is 10.3 Å². The topological polar surface area (TPSA) is 62.3 Å². The first-order valence-corrected chi connectivity index (χ1v) is 7.15. The van der Waals surface area contributed by atoms with Gasteiger partial charge in [0.1, 0.15) is 11.2 Å². The highest BCUT2D eigenvalue weighted by atomic mass is 35.5. The number of halogens is 2. The summed E-state index contributed by atoms with van der Waals surface area (Å²) in [5, 5.41) is 3.00. The first-order valence-electron chi connectivity index (χ1n) is 6.39. The SMILES string of the molecule is CC(NC(=O)c1cnc(Cl)c(Cl)c1)C(=O)N1CCCC1. The summed E-state index contributed by atoms with van der Waals surface area (Å²) in [6.07, 6.45) is 3.36. The second-order valence-electron chi connectivity index (χ2n) is 4.72. The molecule has 1 aliphatic rings. The molecule has 1 saturated heterocycles. The maximum absolute atomic E-state index is 12.1. The van der Waals surface area contributed by atoms with Gasteiger partial charge in [0.2, 0.25) is 5.91 Å². The van der Waals surface area contributed by atoms with Gasteiger partial charge in [-0.3, -0.25) is 9.59 Å². The predicted octanol–water partition coefficient (Wildman–Crippen LogP) is 2.13. The standard InChI is InChI=1S/C13H15Cl2N3O2/c1-8(13(20)18-4-2-3-5-18)17-12(19)9-6-10(14)11(15)16-7-9/h6-8H,2-5H2,1H3,(H,17,19). The normalized spacial score (nSPS) is 16.1. The summed E-state index contributed by atoms with van der Waals surface area (Å²) in [6.45, 7) is 3.18. The number of carbonyl (C=O) groups is 2. The van der Waals surface area contributed by atoms with E-state index in [4.69, 9.17) is 23.2 Å². The molecule has 5 nitrogen and oxygen atoms in total. The molecule has 0 aromatic carbocycles. The molecule has 20 heavy (non-hydrogen) atoms. The van der Waals surface area contributed by atoms with Crippen molar-refractivity contribution in [1.82, 2.24) is 15.2 Å². The van der Waals surface area contributed by atoms with Gasteiger partial charge >= 0.3 is 0 Å². The number of amides is 2. The lowest BCUT2D eigenvalue weighted by Gasteiger charge is -2.21. The Hall–Kier alpha value is -1.33. The predicted molar refractivity (Wildman–Crippen MR) is 77.0 cm³/mol. The average molecular weight is 316 g/mol. The molecule has 0 radical (unpaired) electrons. The Morgan fingerprint density at radius 3 is 2.60 bits per heavy atom. The first-order chi connectivity index (χ1) is 9.49. The van der Waals surface area contributed by atoms with E-state index in [1.807, 2.05) is 0 Å². The van der Waals surface area contributed by atoms with Gasteiger partial charge in [0.25, 0.3) is 5.91 Å². The summed E-state index contributed by atoms with van der Waals surface area (Å²) in [4.78, 5) is 29.7. The van der Waals surface area contributed by atoms with Crippen LogP contribution in [-0.2, 0) is 4.79 Å². The number of hydrogen-bond acceptors (Lipinski definition) is 3. The molecule has 1 aromatic rings. The molecule has 1 fully saturated rings. The van der Waals surface area contributed by atoms with Crippen molar-refractivity contribution in [3.63, 3.8) is 0 Å². The van der Waals surface area contributed by atoms with E-state index in [1.54, 1.807) is 11.8 Å². The van der Waals surface area contributed by atoms with Gasteiger partial charge in [-0.1, -0.05) is 23.2 Å². The van der Waals surface area contributed by atoms with E-state index >= 15 is 0 Å². The zero-order chi connectivity index (χ0) is 14.7. The molecular formula is C13H15Cl2N3O2. The van der Waals surface area contributed by atoms with Gasteiger partial charge in [0, 0.05) is 19.3 Å². The molecular weight excluding hydrogens is 301 g/mol. The second kappa shape index (κ2) is 6.41. The van der Waals surface area contributed by atoms with Crippen LogP contribution in [0.25, 0.3) is 0 Å². The maximum Gasteiger partial charge on any atom is 0.253 e. The number of rotatable bonds is 3. The summed E-state index contributed by atoms with van der Waals surface area (Å²) in [6, 6.07) is 0.856. The highest BCUT2D eigenvalue weighted by molar-refractivity contribution is 6.41. The number of hydrogen-bond donors (Lipinski definition) is 1. The van der Waals surface area contributed by atoms with Crippen molar-refractivity contribution in [3.8, 4) is 0 Å². The maximum atomic E-state index is 12.1. The Kier molecular flexibility index (Phi) is 4.83. The molecule has 0 saturated carbocycles. The summed E-state index contributed by atoms with van der Waals surface area (Å²) in [5.41, 5.74) is 0.278. The van der Waals surface area contributed by atoms with Crippen LogP contribution in [0, 0.1) is 0 Å². The first kappa shape index (κ1) is 15.1. The lowest BCUT2D eigenvalue weighted by molar-refractivity contribution is -0.131. The van der Waals surface area contributed by atoms with E-state index in [1.165, 1.54) is 12.3 Å². The van der Waals surface area contributed by atoms with Crippen LogP contribution in [-0.4, -0.2) is 40.8 Å². The number of likely N-dealkylation sites (tertiary alicyclic amines) is 1. The van der Waals surface area contributed by atoms with Crippen molar-refractivity contribution in [1.29, 1.82) is 0 Å². The largest absolute Gasteiger partial charge is 0.341 e. The number of pyridine rings is 1. The number of nitrogens with zero attached hydrogens (tertiary/aromatic N) is 2. The number of nitrogens with one attached hydrogen (secondary N) is 1. The Labute approximate surface area is 127 Å². The lowest BCUT2D eigenvalue weighted by Crippen LogP contribution is -2.45. The molecule has 7 heteroatoms. The molecule has 1 N–H and O–H groups in total. The molecule has 1 aromatic heterocycles. The fourth-order valence-electron chi connectivity index (χ4n) is 2.10. The quantitative estimate of drug-likeness (QED) is 0.869. The van der Waals surface area contributed by atoms with Gasteiger partial charge < -0.3 is 10.2 Å². The molecule has 0 spiro atoms. The van der Waals surface area contributed by atoms with Crippen molar-refractivity contribution < 1.29 is 9.59 Å². The summed E-state index contributed by atoms with van der Waals surface area (Å²) < 4.78 is 0. The molecule has 1 unspecified atom stereocenters. The van der Waals surface area contributed by atoms with E-state index in [0.717, 1.165) is 25.9 Å². The van der Waals surface area contributed by atoms with Crippen LogP contribution in [0.2, 0.25) is 10.2 Å². The second-order valence-corrected chi connectivity index (χ2v) is 5.49. The number of carbonyl (C=O) groups excluding carboxylic acids is 2. The molecule has 0 bridgehead atoms. The minimum absolute atomic E-state index is 0.0659. The van der Waals surface area contributed by atoms with E-state index < -0.39 is 11.9 Å². The molecule has 2 heterocycles. The van der Waals surface area contributed by atoms with Gasteiger partial charge in [-0.2, -0.15) is 0 Å². The zero-order valence-electron chi connectivity index (χ0n) is 11.0. The zero-order valence-corrected chi connectivity index (χ0v) is 12.5. The van der Waals surface area contributed by atoms with Gasteiger partial charge in [-0.05, 0) is 25.8 Å². The van der Waals surface area contributed by atoms with E-state index in [9.17, 15) is 9.59 Å². The van der Waals surface area contributed by atoms with Crippen molar-refractivity contribution in [2.75, 3.05) is 13.1 Å². The monoisotopic (exact) mass is 315 g/mol. The Morgan fingerprint density at radius 1 is 1.35 bits per heavy atom. The average Bonchev–Trinajstić information content (AvgIpc) is 2.94. The Morgan fingerprint density at radius 2 is 2.00 bits per heavy atom. The molecule has 0 aliphatic carbocycles. The van der Waals surface area contributed by atoms with Crippen LogP contribution >= 0.6 is 23.2 Å². The highest BCUT2D eigenvalue weighted by Crippen LogP contribution is 2.19. The summed E-state index contributed by atoms with van der Waals surface area (Å²) in [5.74, 6) is -0.458. The van der Waals surface area contributed by atoms with Gasteiger partial charge in [-0.25, -0.2) is 4.98 Å². The van der Waals surface area contributed by atoms with Crippen LogP contribution < -0.4 is 5.32 Å². The molecule has 1 aliphatic heterocycles. The molecule has 1 atom stereocenters. The van der Waals surface area contributed by atoms with Crippen LogP contribution in [0.1, 0.15) is 30.1 Å². The van der Waals surface area contributed by atoms with E-state index in [0.29, 0.717) is 0 Å². The summed E-state index contributed by atoms with van der Waals surface area (Å²) >= 11 is 11.5. The van der Waals surface area contributed by atoms with Crippen molar-refractivity contribution in [2.45, 2.75) is 25.8 Å². The smallest absolute Gasteiger partial charge is 0.253 e. The third kappa shape index (κ3) is 3.41. The van der Waals surface area contributed by atoms with E-state index in [-0.39, 0.29) is 21.6 Å². The van der Waals surface area contributed by atoms with Crippen molar-refractivity contribution in [3.05, 3.63) is 28.0 Å². The van der Waals surface area contributed by atoms with Gasteiger partial charge in [0.05, 0.1) is 10.6 Å². The Balaban J connectivity index is 1.99. The molecule has 2 amide bonds. The third-order valence-corrected chi connectivity index (χ3v) is 3.88. The molecule has 2 rings (SSSR count). The number of aromatic nitrogens is 1. The van der Waals surface area contributed by atoms with Gasteiger partial charge in [0.15, 0.2) is 0 Å². The fraction of sp³-hybridized carbons (Fsp3) is 0.462. The van der Waals surface area contributed by atoms with Crippen LogP contribution in [0.4, 0.5) is 0 Å². The van der Waals surface area contributed by atoms with Crippen LogP contribution in [0.5, 0.6) is 0 Å². The fourth-order valence-corrected chi connectivity index (χ4v) is 2.37. The Bertz CT molecular complexity index is 530.